The molecule has 1 heterocycles. The van der Waals surface area contributed by atoms with Crippen molar-refractivity contribution in [3.63, 3.8) is 0 Å². The Kier molecular flexibility index (Phi) is 5.45. The van der Waals surface area contributed by atoms with Gasteiger partial charge in [0.2, 0.25) is 0 Å². The molecular weight excluding hydrogens is 298 g/mol. The minimum atomic E-state index is 0.791. The van der Waals surface area contributed by atoms with E-state index in [0.717, 1.165) is 30.4 Å². The molecule has 0 aliphatic carbocycles. The lowest BCUT2D eigenvalue weighted by Crippen LogP contribution is -2.38. The highest BCUT2D eigenvalue weighted by atomic mass is 32.1. The predicted molar refractivity (Wildman–Crippen MR) is 102 cm³/mol. The zero-order chi connectivity index (χ0) is 16.1. The summed E-state index contributed by atoms with van der Waals surface area (Å²) in [4.78, 5) is 3.41. The summed E-state index contributed by atoms with van der Waals surface area (Å²) in [6, 6.07) is 19.6. The minimum absolute atomic E-state index is 0.791. The molecule has 3 rings (SSSR count). The summed E-state index contributed by atoms with van der Waals surface area (Å²) in [5.74, 6) is 0.791. The average Bonchev–Trinajstić information content (AvgIpc) is 2.63. The fourth-order valence-corrected chi connectivity index (χ4v) is 3.67. The molecule has 2 aromatic carbocycles. The lowest BCUT2D eigenvalue weighted by atomic mass is 9.90. The second kappa shape index (κ2) is 7.74. The van der Waals surface area contributed by atoms with E-state index in [9.17, 15) is 0 Å². The van der Waals surface area contributed by atoms with Crippen molar-refractivity contribution in [1.82, 2.24) is 4.90 Å². The minimum Gasteiger partial charge on any atom is -0.362 e. The Morgan fingerprint density at radius 3 is 2.22 bits per heavy atom. The van der Waals surface area contributed by atoms with Crippen molar-refractivity contribution in [2.45, 2.75) is 32.6 Å². The average molecular weight is 324 g/mol. The van der Waals surface area contributed by atoms with Crippen LogP contribution in [0.5, 0.6) is 0 Å². The number of likely N-dealkylation sites (tertiary alicyclic amines) is 1. The fourth-order valence-electron chi connectivity index (χ4n) is 3.35. The van der Waals surface area contributed by atoms with Crippen LogP contribution in [0.1, 0.15) is 36.5 Å². The summed E-state index contributed by atoms with van der Waals surface area (Å²) >= 11 is 5.71. The van der Waals surface area contributed by atoms with Crippen LogP contribution < -0.4 is 0 Å². The summed E-state index contributed by atoms with van der Waals surface area (Å²) in [6.07, 6.45) is 4.76. The van der Waals surface area contributed by atoms with E-state index in [-0.39, 0.29) is 0 Å². The zero-order valence-electron chi connectivity index (χ0n) is 13.9. The van der Waals surface area contributed by atoms with Crippen LogP contribution in [0, 0.1) is 5.92 Å². The molecule has 0 saturated carbocycles. The van der Waals surface area contributed by atoms with Crippen molar-refractivity contribution in [1.29, 1.82) is 0 Å². The zero-order valence-corrected chi connectivity index (χ0v) is 14.7. The van der Waals surface area contributed by atoms with Gasteiger partial charge in [0.1, 0.15) is 4.99 Å². The number of benzene rings is 2. The van der Waals surface area contributed by atoms with Crippen LogP contribution in [-0.4, -0.2) is 23.0 Å². The lowest BCUT2D eigenvalue weighted by molar-refractivity contribution is 0.268. The first-order chi connectivity index (χ1) is 11.3. The van der Waals surface area contributed by atoms with E-state index in [2.05, 4.69) is 66.4 Å². The van der Waals surface area contributed by atoms with E-state index in [0.29, 0.717) is 0 Å². The maximum absolute atomic E-state index is 5.71. The molecule has 1 aliphatic heterocycles. The van der Waals surface area contributed by atoms with Crippen LogP contribution in [0.2, 0.25) is 0 Å². The Morgan fingerprint density at radius 1 is 0.957 bits per heavy atom. The molecule has 0 bridgehead atoms. The Labute approximate surface area is 145 Å². The molecule has 1 nitrogen and oxygen atoms in total. The number of aryl methyl sites for hydroxylation is 1. The van der Waals surface area contributed by atoms with E-state index < -0.39 is 0 Å². The molecule has 0 spiro atoms. The molecule has 1 fully saturated rings. The van der Waals surface area contributed by atoms with Gasteiger partial charge >= 0.3 is 0 Å². The quantitative estimate of drug-likeness (QED) is 0.738. The van der Waals surface area contributed by atoms with Crippen molar-refractivity contribution < 1.29 is 0 Å². The molecule has 1 saturated heterocycles. The topological polar surface area (TPSA) is 3.24 Å². The molecule has 0 unspecified atom stereocenters. The van der Waals surface area contributed by atoms with Gasteiger partial charge in [-0.1, -0.05) is 73.7 Å². The molecule has 2 heteroatoms. The summed E-state index contributed by atoms with van der Waals surface area (Å²) < 4.78 is 0. The van der Waals surface area contributed by atoms with Crippen molar-refractivity contribution in [2.75, 3.05) is 13.1 Å². The van der Waals surface area contributed by atoms with Crippen molar-refractivity contribution in [3.05, 3.63) is 71.3 Å². The molecule has 0 radical (unpaired) electrons. The number of nitrogens with zero attached hydrogens (tertiary/aromatic N) is 1. The van der Waals surface area contributed by atoms with Gasteiger partial charge in [-0.25, -0.2) is 0 Å². The van der Waals surface area contributed by atoms with E-state index in [4.69, 9.17) is 12.2 Å². The molecule has 0 N–H and O–H groups in total. The second-order valence-corrected chi connectivity index (χ2v) is 6.86. The largest absolute Gasteiger partial charge is 0.362 e. The molecule has 120 valence electrons. The molecule has 0 amide bonds. The molecule has 2 aromatic rings. The number of hydrogen-bond donors (Lipinski definition) is 0. The van der Waals surface area contributed by atoms with Gasteiger partial charge in [0.25, 0.3) is 0 Å². The molecule has 23 heavy (non-hydrogen) atoms. The van der Waals surface area contributed by atoms with Gasteiger partial charge in [0.05, 0.1) is 0 Å². The maximum atomic E-state index is 5.71. The third-order valence-electron chi connectivity index (χ3n) is 4.88. The Morgan fingerprint density at radius 2 is 1.61 bits per heavy atom. The first-order valence-electron chi connectivity index (χ1n) is 8.68. The van der Waals surface area contributed by atoms with Crippen molar-refractivity contribution in [3.8, 4) is 0 Å². The van der Waals surface area contributed by atoms with E-state index in [1.165, 1.54) is 36.0 Å². The van der Waals surface area contributed by atoms with Gasteiger partial charge in [-0.2, -0.15) is 0 Å². The highest BCUT2D eigenvalue weighted by Crippen LogP contribution is 2.23. The first-order valence-corrected chi connectivity index (χ1v) is 9.09. The van der Waals surface area contributed by atoms with Crippen LogP contribution in [-0.2, 0) is 12.8 Å². The standard InChI is InChI=1S/C21H25NS/c1-2-17-8-10-20(11-9-17)21(23)22-14-12-19(13-15-22)16-18-6-4-3-5-7-18/h3-11,19H,2,12-16H2,1H3. The smallest absolute Gasteiger partial charge is 0.109 e. The highest BCUT2D eigenvalue weighted by Gasteiger charge is 2.21. The van der Waals surface area contributed by atoms with Gasteiger partial charge in [-0.3, -0.25) is 0 Å². The SMILES string of the molecule is CCc1ccc(C(=S)N2CCC(Cc3ccccc3)CC2)cc1. The number of piperidine rings is 1. The van der Waals surface area contributed by atoms with Gasteiger partial charge in [-0.05, 0) is 42.7 Å². The number of rotatable bonds is 4. The highest BCUT2D eigenvalue weighted by molar-refractivity contribution is 7.80. The summed E-state index contributed by atoms with van der Waals surface area (Å²) in [6.45, 7) is 4.36. The monoisotopic (exact) mass is 323 g/mol. The number of hydrogen-bond acceptors (Lipinski definition) is 1. The molecule has 1 aliphatic rings. The van der Waals surface area contributed by atoms with Crippen LogP contribution >= 0.6 is 12.2 Å². The van der Waals surface area contributed by atoms with E-state index >= 15 is 0 Å². The Balaban J connectivity index is 1.54. The molecule has 0 aromatic heterocycles. The second-order valence-electron chi connectivity index (χ2n) is 6.48. The molecular formula is C21H25NS. The third kappa shape index (κ3) is 4.20. The summed E-state index contributed by atoms with van der Waals surface area (Å²) in [5.41, 5.74) is 4.03. The predicted octanol–water partition coefficient (Wildman–Crippen LogP) is 4.88. The first kappa shape index (κ1) is 16.2. The number of thiocarbonyl (C=S) groups is 1. The van der Waals surface area contributed by atoms with Crippen LogP contribution in [0.3, 0.4) is 0 Å². The van der Waals surface area contributed by atoms with Gasteiger partial charge in [0.15, 0.2) is 0 Å². The van der Waals surface area contributed by atoms with Gasteiger partial charge in [-0.15, -0.1) is 0 Å². The van der Waals surface area contributed by atoms with Crippen molar-refractivity contribution >= 4 is 17.2 Å². The Hall–Kier alpha value is -1.67. The Bertz CT molecular complexity index is 625. The maximum Gasteiger partial charge on any atom is 0.109 e. The van der Waals surface area contributed by atoms with Crippen LogP contribution in [0.25, 0.3) is 0 Å². The normalized spacial score (nSPS) is 15.6. The van der Waals surface area contributed by atoms with E-state index in [1.807, 2.05) is 0 Å². The van der Waals surface area contributed by atoms with E-state index in [1.54, 1.807) is 0 Å². The fraction of sp³-hybridized carbons (Fsp3) is 0.381. The third-order valence-corrected chi connectivity index (χ3v) is 5.37. The van der Waals surface area contributed by atoms with Gasteiger partial charge in [0, 0.05) is 18.7 Å². The molecule has 0 atom stereocenters. The summed E-state index contributed by atoms with van der Waals surface area (Å²) in [7, 11) is 0. The lowest BCUT2D eigenvalue weighted by Gasteiger charge is -2.34. The summed E-state index contributed by atoms with van der Waals surface area (Å²) in [5, 5.41) is 0. The van der Waals surface area contributed by atoms with Crippen LogP contribution in [0.4, 0.5) is 0 Å². The van der Waals surface area contributed by atoms with Gasteiger partial charge < -0.3 is 4.90 Å². The van der Waals surface area contributed by atoms with Crippen LogP contribution in [0.15, 0.2) is 54.6 Å². The van der Waals surface area contributed by atoms with Crippen molar-refractivity contribution in [2.24, 2.45) is 5.92 Å².